The molecule has 23 heavy (non-hydrogen) atoms. The number of alkyl halides is 3. The average molecular weight is 326 g/mol. The normalized spacial score (nSPS) is 11.2. The maximum absolute atomic E-state index is 12.2. The van der Waals surface area contributed by atoms with E-state index in [0.29, 0.717) is 6.54 Å². The molecule has 0 unspecified atom stereocenters. The predicted molar refractivity (Wildman–Crippen MR) is 80.8 cm³/mol. The van der Waals surface area contributed by atoms with Gasteiger partial charge in [0.25, 0.3) is 0 Å². The Labute approximate surface area is 132 Å². The maximum Gasteiger partial charge on any atom is 0.422 e. The SMILES string of the molecule is COc1cc(CNc2cccc(C)n2)ccc1OCC(F)(F)F. The molecule has 0 fully saturated rings. The second kappa shape index (κ2) is 7.21. The molecule has 2 aromatic rings. The minimum absolute atomic E-state index is 0.0576. The van der Waals surface area contributed by atoms with Crippen LogP contribution in [0.25, 0.3) is 0 Å². The molecule has 0 saturated carbocycles. The van der Waals surface area contributed by atoms with Crippen LogP contribution < -0.4 is 14.8 Å². The standard InChI is InChI=1S/C16H17F3N2O2/c1-11-4-3-5-15(21-11)20-9-12-6-7-13(14(8-12)22-2)23-10-16(17,18)19/h3-8H,9-10H2,1-2H3,(H,20,21). The van der Waals surface area contributed by atoms with Gasteiger partial charge in [-0.25, -0.2) is 4.98 Å². The Kier molecular flexibility index (Phi) is 5.31. The minimum Gasteiger partial charge on any atom is -0.493 e. The van der Waals surface area contributed by atoms with Crippen LogP contribution in [-0.4, -0.2) is 24.9 Å². The van der Waals surface area contributed by atoms with Gasteiger partial charge in [-0.3, -0.25) is 0 Å². The van der Waals surface area contributed by atoms with Gasteiger partial charge in [-0.1, -0.05) is 12.1 Å². The number of aryl methyl sites for hydroxylation is 1. The fourth-order valence-electron chi connectivity index (χ4n) is 1.93. The summed E-state index contributed by atoms with van der Waals surface area (Å²) < 4.78 is 46.5. The van der Waals surface area contributed by atoms with Crippen molar-refractivity contribution in [2.45, 2.75) is 19.6 Å². The van der Waals surface area contributed by atoms with E-state index in [1.165, 1.54) is 13.2 Å². The second-order valence-corrected chi connectivity index (χ2v) is 4.91. The number of methoxy groups -OCH3 is 1. The molecule has 4 nitrogen and oxygen atoms in total. The zero-order valence-corrected chi connectivity index (χ0v) is 12.8. The summed E-state index contributed by atoms with van der Waals surface area (Å²) in [5, 5.41) is 3.14. The lowest BCUT2D eigenvalue weighted by molar-refractivity contribution is -0.153. The summed E-state index contributed by atoms with van der Waals surface area (Å²) in [6.45, 7) is 1.00. The first-order valence-electron chi connectivity index (χ1n) is 6.91. The number of nitrogens with one attached hydrogen (secondary N) is 1. The van der Waals surface area contributed by atoms with Crippen molar-refractivity contribution in [3.63, 3.8) is 0 Å². The summed E-state index contributed by atoms with van der Waals surface area (Å²) in [6, 6.07) is 10.4. The molecule has 1 heterocycles. The topological polar surface area (TPSA) is 43.4 Å². The Morgan fingerprint density at radius 2 is 1.91 bits per heavy atom. The number of hydrogen-bond acceptors (Lipinski definition) is 4. The van der Waals surface area contributed by atoms with E-state index >= 15 is 0 Å². The molecule has 2 rings (SSSR count). The molecule has 1 N–H and O–H groups in total. The van der Waals surface area contributed by atoms with Gasteiger partial charge in [0.15, 0.2) is 18.1 Å². The summed E-state index contributed by atoms with van der Waals surface area (Å²) in [6.07, 6.45) is -4.39. The minimum atomic E-state index is -4.39. The fraction of sp³-hybridized carbons (Fsp3) is 0.312. The quantitative estimate of drug-likeness (QED) is 0.873. The third-order valence-corrected chi connectivity index (χ3v) is 2.98. The molecule has 0 amide bonds. The second-order valence-electron chi connectivity index (χ2n) is 4.91. The summed E-state index contributed by atoms with van der Waals surface area (Å²) in [5.41, 5.74) is 1.73. The van der Waals surface area contributed by atoms with E-state index in [9.17, 15) is 13.2 Å². The number of benzene rings is 1. The van der Waals surface area contributed by atoms with E-state index in [0.717, 1.165) is 17.1 Å². The van der Waals surface area contributed by atoms with E-state index in [4.69, 9.17) is 9.47 Å². The lowest BCUT2D eigenvalue weighted by atomic mass is 10.2. The molecule has 0 spiro atoms. The molecule has 0 bridgehead atoms. The van der Waals surface area contributed by atoms with Crippen LogP contribution in [0, 0.1) is 6.92 Å². The smallest absolute Gasteiger partial charge is 0.422 e. The Morgan fingerprint density at radius 1 is 1.13 bits per heavy atom. The number of hydrogen-bond donors (Lipinski definition) is 1. The number of ether oxygens (including phenoxy) is 2. The summed E-state index contributed by atoms with van der Waals surface area (Å²) >= 11 is 0. The number of anilines is 1. The van der Waals surface area contributed by atoms with Gasteiger partial charge < -0.3 is 14.8 Å². The third-order valence-electron chi connectivity index (χ3n) is 2.98. The molecule has 0 aliphatic carbocycles. The maximum atomic E-state index is 12.2. The Morgan fingerprint density at radius 3 is 2.57 bits per heavy atom. The van der Waals surface area contributed by atoms with Gasteiger partial charge in [0.1, 0.15) is 5.82 Å². The van der Waals surface area contributed by atoms with Crippen LogP contribution in [0.1, 0.15) is 11.3 Å². The fourth-order valence-corrected chi connectivity index (χ4v) is 1.93. The number of pyridine rings is 1. The van der Waals surface area contributed by atoms with Crippen molar-refractivity contribution in [1.29, 1.82) is 0 Å². The summed E-state index contributed by atoms with van der Waals surface area (Å²) in [7, 11) is 1.38. The van der Waals surface area contributed by atoms with Crippen LogP contribution >= 0.6 is 0 Å². The van der Waals surface area contributed by atoms with Crippen molar-refractivity contribution < 1.29 is 22.6 Å². The van der Waals surface area contributed by atoms with Crippen molar-refractivity contribution in [2.75, 3.05) is 19.0 Å². The molecule has 124 valence electrons. The van der Waals surface area contributed by atoms with E-state index in [-0.39, 0.29) is 11.5 Å². The molecular formula is C16H17F3N2O2. The Bertz CT molecular complexity index is 660. The van der Waals surface area contributed by atoms with Crippen LogP contribution in [0.4, 0.5) is 19.0 Å². The van der Waals surface area contributed by atoms with Crippen LogP contribution in [0.5, 0.6) is 11.5 Å². The van der Waals surface area contributed by atoms with Gasteiger partial charge in [-0.05, 0) is 36.8 Å². The first-order valence-corrected chi connectivity index (χ1v) is 6.91. The van der Waals surface area contributed by atoms with Crippen molar-refractivity contribution >= 4 is 5.82 Å². The first-order chi connectivity index (χ1) is 10.9. The van der Waals surface area contributed by atoms with Crippen molar-refractivity contribution in [3.05, 3.63) is 47.7 Å². The highest BCUT2D eigenvalue weighted by Gasteiger charge is 2.29. The zero-order valence-electron chi connectivity index (χ0n) is 12.8. The average Bonchev–Trinajstić information content (AvgIpc) is 2.50. The molecule has 1 aromatic heterocycles. The molecule has 0 radical (unpaired) electrons. The van der Waals surface area contributed by atoms with Crippen LogP contribution in [0.3, 0.4) is 0 Å². The number of nitrogens with zero attached hydrogens (tertiary/aromatic N) is 1. The summed E-state index contributed by atoms with van der Waals surface area (Å²) in [5.74, 6) is 1.04. The Balaban J connectivity index is 2.03. The summed E-state index contributed by atoms with van der Waals surface area (Å²) in [4.78, 5) is 4.31. The molecule has 7 heteroatoms. The zero-order chi connectivity index (χ0) is 16.9. The van der Waals surface area contributed by atoms with Gasteiger partial charge in [0, 0.05) is 12.2 Å². The van der Waals surface area contributed by atoms with E-state index < -0.39 is 12.8 Å². The highest BCUT2D eigenvalue weighted by atomic mass is 19.4. The monoisotopic (exact) mass is 326 g/mol. The van der Waals surface area contributed by atoms with E-state index in [1.54, 1.807) is 12.1 Å². The largest absolute Gasteiger partial charge is 0.493 e. The predicted octanol–water partition coefficient (Wildman–Crippen LogP) is 3.95. The number of aromatic nitrogens is 1. The third kappa shape index (κ3) is 5.36. The van der Waals surface area contributed by atoms with Crippen LogP contribution in [0.2, 0.25) is 0 Å². The first kappa shape index (κ1) is 16.9. The van der Waals surface area contributed by atoms with Crippen molar-refractivity contribution in [2.24, 2.45) is 0 Å². The molecule has 0 saturated heterocycles. The number of halogens is 3. The van der Waals surface area contributed by atoms with Crippen molar-refractivity contribution in [3.8, 4) is 11.5 Å². The lowest BCUT2D eigenvalue weighted by Gasteiger charge is -2.14. The van der Waals surface area contributed by atoms with Gasteiger partial charge in [0.05, 0.1) is 7.11 Å². The van der Waals surface area contributed by atoms with Gasteiger partial charge in [0.2, 0.25) is 0 Å². The van der Waals surface area contributed by atoms with Gasteiger partial charge in [-0.15, -0.1) is 0 Å². The molecule has 0 aliphatic rings. The highest BCUT2D eigenvalue weighted by molar-refractivity contribution is 5.44. The molecule has 0 aliphatic heterocycles. The van der Waals surface area contributed by atoms with Gasteiger partial charge >= 0.3 is 6.18 Å². The lowest BCUT2D eigenvalue weighted by Crippen LogP contribution is -2.19. The molecule has 0 atom stereocenters. The molecular weight excluding hydrogens is 309 g/mol. The molecule has 1 aromatic carbocycles. The van der Waals surface area contributed by atoms with E-state index in [1.807, 2.05) is 25.1 Å². The Hall–Kier alpha value is -2.44. The van der Waals surface area contributed by atoms with E-state index in [2.05, 4.69) is 10.3 Å². The van der Waals surface area contributed by atoms with Crippen LogP contribution in [0.15, 0.2) is 36.4 Å². The van der Waals surface area contributed by atoms with Gasteiger partial charge in [-0.2, -0.15) is 13.2 Å². The van der Waals surface area contributed by atoms with Crippen molar-refractivity contribution in [1.82, 2.24) is 4.98 Å². The number of rotatable bonds is 6. The van der Waals surface area contributed by atoms with Crippen LogP contribution in [-0.2, 0) is 6.54 Å². The highest BCUT2D eigenvalue weighted by Crippen LogP contribution is 2.30.